The number of hydrogen-bond acceptors (Lipinski definition) is 4. The predicted octanol–water partition coefficient (Wildman–Crippen LogP) is 3.80. The average molecular weight is 266 g/mol. The Hall–Kier alpha value is -1.24. The van der Waals surface area contributed by atoms with E-state index in [1.807, 2.05) is 13.8 Å². The summed E-state index contributed by atoms with van der Waals surface area (Å²) in [6.45, 7) is 8.39. The second-order valence-electron chi connectivity index (χ2n) is 5.53. The predicted molar refractivity (Wildman–Crippen MR) is 76.7 cm³/mol. The number of nitrogens with zero attached hydrogens (tertiary/aromatic N) is 2. The summed E-state index contributed by atoms with van der Waals surface area (Å²) in [6.07, 6.45) is 8.80. The van der Waals surface area contributed by atoms with Crippen molar-refractivity contribution >= 4 is 12.2 Å². The van der Waals surface area contributed by atoms with Gasteiger partial charge in [0.05, 0.1) is 12.1 Å². The first kappa shape index (κ1) is 17.8. The first-order chi connectivity index (χ1) is 9.05. The van der Waals surface area contributed by atoms with Crippen molar-refractivity contribution in [2.45, 2.75) is 78.3 Å². The molecule has 108 valence electrons. The van der Waals surface area contributed by atoms with Crippen LogP contribution in [0, 0.1) is 5.41 Å². The van der Waals surface area contributed by atoms with Gasteiger partial charge in [-0.1, -0.05) is 34.1 Å². The topological polar surface area (TPSA) is 58.9 Å². The quantitative estimate of drug-likeness (QED) is 0.446. The molecule has 0 rings (SSSR count). The summed E-state index contributed by atoms with van der Waals surface area (Å²) < 4.78 is 0. The minimum atomic E-state index is 0.0202. The van der Waals surface area contributed by atoms with Gasteiger partial charge >= 0.3 is 0 Å². The van der Waals surface area contributed by atoms with Crippen LogP contribution < -0.4 is 0 Å². The standard InChI is InChI=1S/C15H26N2O2/c1-5-8-15(4,9-13(6-2)16-11-18)10-14(7-3)17-12-19/h13-14H,5-10H2,1-4H3. The van der Waals surface area contributed by atoms with Crippen LogP contribution in [0.4, 0.5) is 0 Å². The summed E-state index contributed by atoms with van der Waals surface area (Å²) in [5.41, 5.74) is 0.0524. The van der Waals surface area contributed by atoms with Crippen molar-refractivity contribution in [1.29, 1.82) is 0 Å². The van der Waals surface area contributed by atoms with Crippen LogP contribution in [0.1, 0.15) is 66.2 Å². The second kappa shape index (κ2) is 9.66. The first-order valence-electron chi connectivity index (χ1n) is 7.19. The van der Waals surface area contributed by atoms with E-state index >= 15 is 0 Å². The van der Waals surface area contributed by atoms with Crippen LogP contribution in [-0.4, -0.2) is 24.2 Å². The van der Waals surface area contributed by atoms with Crippen LogP contribution in [0.3, 0.4) is 0 Å². The van der Waals surface area contributed by atoms with E-state index in [4.69, 9.17) is 0 Å². The molecule has 0 amide bonds. The van der Waals surface area contributed by atoms with Crippen molar-refractivity contribution in [3.63, 3.8) is 0 Å². The first-order valence-corrected chi connectivity index (χ1v) is 7.19. The maximum absolute atomic E-state index is 10.4. The highest BCUT2D eigenvalue weighted by molar-refractivity contribution is 5.34. The number of carbonyl (C=O) groups excluding carboxylic acids is 2. The molecule has 0 aromatic rings. The van der Waals surface area contributed by atoms with Gasteiger partial charge in [-0.05, 0) is 37.5 Å². The highest BCUT2D eigenvalue weighted by atomic mass is 16.1. The number of aliphatic imine (C=N–C) groups is 2. The summed E-state index contributed by atoms with van der Waals surface area (Å²) in [4.78, 5) is 28.6. The lowest BCUT2D eigenvalue weighted by molar-refractivity contribution is 0.207. The van der Waals surface area contributed by atoms with Gasteiger partial charge in [0.15, 0.2) is 0 Å². The Morgan fingerprint density at radius 1 is 0.947 bits per heavy atom. The van der Waals surface area contributed by atoms with E-state index in [0.29, 0.717) is 0 Å². The van der Waals surface area contributed by atoms with Gasteiger partial charge in [-0.15, -0.1) is 0 Å². The molecule has 2 unspecified atom stereocenters. The highest BCUT2D eigenvalue weighted by Gasteiger charge is 2.29. The van der Waals surface area contributed by atoms with E-state index in [1.54, 1.807) is 12.2 Å². The molecule has 4 nitrogen and oxygen atoms in total. The Morgan fingerprint density at radius 2 is 1.37 bits per heavy atom. The third kappa shape index (κ3) is 7.05. The zero-order chi connectivity index (χ0) is 14.7. The molecule has 0 aromatic heterocycles. The number of isocyanates is 2. The molecule has 19 heavy (non-hydrogen) atoms. The lowest BCUT2D eigenvalue weighted by Crippen LogP contribution is -2.27. The van der Waals surface area contributed by atoms with Crippen molar-refractivity contribution < 1.29 is 9.59 Å². The fourth-order valence-corrected chi connectivity index (χ4v) is 2.74. The monoisotopic (exact) mass is 266 g/mol. The summed E-state index contributed by atoms with van der Waals surface area (Å²) in [6, 6.07) is 0.0403. The Labute approximate surface area is 116 Å². The van der Waals surface area contributed by atoms with Crippen LogP contribution in [-0.2, 0) is 9.59 Å². The smallest absolute Gasteiger partial charge is 0.211 e. The van der Waals surface area contributed by atoms with Gasteiger partial charge in [0, 0.05) is 0 Å². The van der Waals surface area contributed by atoms with Gasteiger partial charge in [0.1, 0.15) is 0 Å². The molecule has 0 fully saturated rings. The molecular weight excluding hydrogens is 240 g/mol. The van der Waals surface area contributed by atoms with E-state index in [0.717, 1.165) is 38.5 Å². The Morgan fingerprint density at radius 3 is 1.63 bits per heavy atom. The molecule has 0 spiro atoms. The van der Waals surface area contributed by atoms with Gasteiger partial charge in [-0.3, -0.25) is 0 Å². The zero-order valence-electron chi connectivity index (χ0n) is 12.6. The molecule has 4 heteroatoms. The molecule has 0 saturated carbocycles. The van der Waals surface area contributed by atoms with Gasteiger partial charge in [-0.2, -0.15) is 0 Å². The van der Waals surface area contributed by atoms with E-state index < -0.39 is 0 Å². The molecule has 0 aliphatic carbocycles. The van der Waals surface area contributed by atoms with E-state index in [9.17, 15) is 9.59 Å². The summed E-state index contributed by atoms with van der Waals surface area (Å²) in [7, 11) is 0. The maximum atomic E-state index is 10.4. The van der Waals surface area contributed by atoms with E-state index in [2.05, 4.69) is 23.8 Å². The molecule has 0 N–H and O–H groups in total. The SMILES string of the molecule is CCCC(C)(CC(CC)N=C=O)CC(CC)N=C=O. The molecule has 0 aliphatic rings. The Kier molecular flexibility index (Phi) is 9.03. The normalized spacial score (nSPS) is 16.6. The van der Waals surface area contributed by atoms with Crippen LogP contribution in [0.15, 0.2) is 9.98 Å². The highest BCUT2D eigenvalue weighted by Crippen LogP contribution is 2.37. The lowest BCUT2D eigenvalue weighted by atomic mass is 9.74. The number of hydrogen-bond donors (Lipinski definition) is 0. The third-order valence-corrected chi connectivity index (χ3v) is 3.72. The van der Waals surface area contributed by atoms with E-state index in [-0.39, 0.29) is 17.5 Å². The lowest BCUT2D eigenvalue weighted by Gasteiger charge is -2.33. The van der Waals surface area contributed by atoms with Crippen LogP contribution >= 0.6 is 0 Å². The molecule has 0 radical (unpaired) electrons. The minimum Gasteiger partial charge on any atom is -0.211 e. The van der Waals surface area contributed by atoms with Crippen LogP contribution in [0.25, 0.3) is 0 Å². The molecule has 0 heterocycles. The average Bonchev–Trinajstić information content (AvgIpc) is 2.38. The maximum Gasteiger partial charge on any atom is 0.235 e. The van der Waals surface area contributed by atoms with Gasteiger partial charge in [-0.25, -0.2) is 19.6 Å². The Bertz CT molecular complexity index is 314. The van der Waals surface area contributed by atoms with Crippen molar-refractivity contribution in [1.82, 2.24) is 0 Å². The van der Waals surface area contributed by atoms with Gasteiger partial charge < -0.3 is 0 Å². The molecule has 0 aliphatic heterocycles. The fourth-order valence-electron chi connectivity index (χ4n) is 2.74. The zero-order valence-corrected chi connectivity index (χ0v) is 12.6. The molecule has 0 aromatic carbocycles. The second-order valence-corrected chi connectivity index (χ2v) is 5.53. The fraction of sp³-hybridized carbons (Fsp3) is 0.867. The van der Waals surface area contributed by atoms with Crippen LogP contribution in [0.2, 0.25) is 0 Å². The molecule has 0 saturated heterocycles. The van der Waals surface area contributed by atoms with Crippen molar-refractivity contribution in [2.75, 3.05) is 0 Å². The van der Waals surface area contributed by atoms with Gasteiger partial charge in [0.25, 0.3) is 0 Å². The number of rotatable bonds is 10. The third-order valence-electron chi connectivity index (χ3n) is 3.72. The van der Waals surface area contributed by atoms with Crippen molar-refractivity contribution in [3.8, 4) is 0 Å². The van der Waals surface area contributed by atoms with Crippen LogP contribution in [0.5, 0.6) is 0 Å². The molecular formula is C15H26N2O2. The summed E-state index contributed by atoms with van der Waals surface area (Å²) in [5, 5.41) is 0. The van der Waals surface area contributed by atoms with Crippen molar-refractivity contribution in [2.24, 2.45) is 15.4 Å². The molecule has 0 bridgehead atoms. The Balaban J connectivity index is 4.89. The minimum absolute atomic E-state index is 0.0202. The van der Waals surface area contributed by atoms with E-state index in [1.165, 1.54) is 0 Å². The summed E-state index contributed by atoms with van der Waals surface area (Å²) in [5.74, 6) is 0. The molecule has 2 atom stereocenters. The summed E-state index contributed by atoms with van der Waals surface area (Å²) >= 11 is 0. The van der Waals surface area contributed by atoms with Crippen molar-refractivity contribution in [3.05, 3.63) is 0 Å². The largest absolute Gasteiger partial charge is 0.235 e. The van der Waals surface area contributed by atoms with Gasteiger partial charge in [0.2, 0.25) is 12.2 Å².